The molecule has 0 aliphatic rings. The summed E-state index contributed by atoms with van der Waals surface area (Å²) >= 11 is 0. The van der Waals surface area contributed by atoms with E-state index < -0.39 is 20.5 Å². The van der Waals surface area contributed by atoms with E-state index in [1.165, 1.54) is 141 Å². The molecular formula is C38H77NO7P+. The number of esters is 1. The molecule has 0 saturated heterocycles. The zero-order valence-electron chi connectivity index (χ0n) is 31.3. The summed E-state index contributed by atoms with van der Waals surface area (Å²) in [6.45, 7) is 2.16. The van der Waals surface area contributed by atoms with Gasteiger partial charge in [0.05, 0.1) is 27.7 Å². The molecule has 0 fully saturated rings. The number of hydrogen-bond acceptors (Lipinski definition) is 6. The fourth-order valence-electron chi connectivity index (χ4n) is 5.42. The van der Waals surface area contributed by atoms with Crippen molar-refractivity contribution >= 4 is 13.8 Å². The van der Waals surface area contributed by atoms with Gasteiger partial charge in [-0.15, -0.1) is 0 Å². The lowest BCUT2D eigenvalue weighted by molar-refractivity contribution is -0.870. The van der Waals surface area contributed by atoms with Crippen molar-refractivity contribution in [3.8, 4) is 0 Å². The molecule has 2 unspecified atom stereocenters. The minimum Gasteiger partial charge on any atom is -0.463 e. The molecule has 2 N–H and O–H groups in total. The van der Waals surface area contributed by atoms with Crippen LogP contribution in [-0.4, -0.2) is 74.1 Å². The van der Waals surface area contributed by atoms with E-state index in [2.05, 4.69) is 19.1 Å². The molecule has 8 nitrogen and oxygen atoms in total. The molecule has 0 aromatic heterocycles. The largest absolute Gasteiger partial charge is 0.472 e. The Bertz CT molecular complexity index is 772. The maximum atomic E-state index is 11.9. The van der Waals surface area contributed by atoms with Crippen molar-refractivity contribution < 1.29 is 37.6 Å². The standard InChI is InChI=1S/C38H76NO7P/c1-5-6-7-8-9-10-11-12-13-14-15-16-17-18-19-20-21-22-23-24-25-26-27-28-29-30-31-32-38(41)44-35-37(40)36-46-47(42,43)45-34-33-39(2,3)4/h14-15,37,40H,5-13,16-36H2,1-4H3/p+1/b15-14-. The normalized spacial score (nSPS) is 14.1. The monoisotopic (exact) mass is 691 g/mol. The highest BCUT2D eigenvalue weighted by Crippen LogP contribution is 2.43. The van der Waals surface area contributed by atoms with E-state index >= 15 is 0 Å². The van der Waals surface area contributed by atoms with Gasteiger partial charge in [-0.1, -0.05) is 147 Å². The summed E-state index contributed by atoms with van der Waals surface area (Å²) in [5.41, 5.74) is 0. The lowest BCUT2D eigenvalue weighted by atomic mass is 10.0. The van der Waals surface area contributed by atoms with E-state index in [1.807, 2.05) is 21.1 Å². The zero-order valence-corrected chi connectivity index (χ0v) is 32.2. The van der Waals surface area contributed by atoms with E-state index in [1.54, 1.807) is 0 Å². The summed E-state index contributed by atoms with van der Waals surface area (Å²) in [7, 11) is 1.57. The number of rotatable bonds is 36. The van der Waals surface area contributed by atoms with Crippen molar-refractivity contribution in [1.82, 2.24) is 0 Å². The van der Waals surface area contributed by atoms with Crippen molar-refractivity contribution in [2.24, 2.45) is 0 Å². The smallest absolute Gasteiger partial charge is 0.463 e. The second-order valence-corrected chi connectivity index (χ2v) is 16.0. The first-order valence-electron chi connectivity index (χ1n) is 19.5. The average Bonchev–Trinajstić information content (AvgIpc) is 3.01. The third-order valence-corrected chi connectivity index (χ3v) is 9.51. The molecule has 0 rings (SSSR count). The van der Waals surface area contributed by atoms with E-state index in [9.17, 15) is 19.4 Å². The van der Waals surface area contributed by atoms with Gasteiger partial charge < -0.3 is 19.2 Å². The molecule has 0 amide bonds. The second kappa shape index (κ2) is 32.4. The first-order chi connectivity index (χ1) is 22.6. The van der Waals surface area contributed by atoms with Gasteiger partial charge in [-0.2, -0.15) is 0 Å². The van der Waals surface area contributed by atoms with E-state index in [4.69, 9.17) is 13.8 Å². The van der Waals surface area contributed by atoms with Gasteiger partial charge in [-0.3, -0.25) is 13.8 Å². The van der Waals surface area contributed by atoms with Crippen LogP contribution in [-0.2, 0) is 23.1 Å². The number of ether oxygens (including phenoxy) is 1. The molecule has 2 atom stereocenters. The van der Waals surface area contributed by atoms with Crippen LogP contribution in [0.25, 0.3) is 0 Å². The number of phosphoric acid groups is 1. The molecule has 0 bridgehead atoms. The summed E-state index contributed by atoms with van der Waals surface area (Å²) in [6.07, 6.45) is 36.7. The first-order valence-corrected chi connectivity index (χ1v) is 21.0. The number of likely N-dealkylation sites (N-methyl/N-ethyl adjacent to an activating group) is 1. The Balaban J connectivity index is 3.38. The molecule has 0 aromatic rings. The predicted molar refractivity (Wildman–Crippen MR) is 196 cm³/mol. The summed E-state index contributed by atoms with van der Waals surface area (Å²) in [5, 5.41) is 9.90. The average molecular weight is 691 g/mol. The predicted octanol–water partition coefficient (Wildman–Crippen LogP) is 10.4. The van der Waals surface area contributed by atoms with Gasteiger partial charge in [0.15, 0.2) is 0 Å². The van der Waals surface area contributed by atoms with Crippen LogP contribution in [0.2, 0.25) is 0 Å². The lowest BCUT2D eigenvalue weighted by Crippen LogP contribution is -2.37. The topological polar surface area (TPSA) is 102 Å². The van der Waals surface area contributed by atoms with Crippen LogP contribution in [0.15, 0.2) is 12.2 Å². The number of hydrogen-bond donors (Lipinski definition) is 2. The van der Waals surface area contributed by atoms with Crippen molar-refractivity contribution in [3.63, 3.8) is 0 Å². The minimum absolute atomic E-state index is 0.0562. The van der Waals surface area contributed by atoms with E-state index in [0.29, 0.717) is 17.4 Å². The maximum Gasteiger partial charge on any atom is 0.472 e. The number of aliphatic hydroxyl groups excluding tert-OH is 1. The van der Waals surface area contributed by atoms with Gasteiger partial charge in [0, 0.05) is 6.42 Å². The van der Waals surface area contributed by atoms with Crippen LogP contribution in [0.4, 0.5) is 0 Å². The summed E-state index contributed by atoms with van der Waals surface area (Å²) < 4.78 is 27.2. The SMILES string of the molecule is CCCCCCCCCC/C=C\CCCCCCCCCCCCCCCCCC(=O)OCC(O)COP(=O)(O)OCC[N+](C)(C)C. The zero-order chi connectivity index (χ0) is 34.9. The number of phosphoric ester groups is 1. The van der Waals surface area contributed by atoms with Gasteiger partial charge in [0.25, 0.3) is 0 Å². The molecule has 0 aromatic carbocycles. The Kier molecular flexibility index (Phi) is 31.9. The van der Waals surface area contributed by atoms with Gasteiger partial charge in [-0.05, 0) is 32.1 Å². The number of unbranched alkanes of at least 4 members (excludes halogenated alkanes) is 23. The van der Waals surface area contributed by atoms with Crippen LogP contribution in [0, 0.1) is 0 Å². The molecular weight excluding hydrogens is 613 g/mol. The summed E-state index contributed by atoms with van der Waals surface area (Å²) in [5.74, 6) is -0.368. The Morgan fingerprint density at radius 1 is 0.638 bits per heavy atom. The van der Waals surface area contributed by atoms with Gasteiger partial charge in [0.1, 0.15) is 25.9 Å². The van der Waals surface area contributed by atoms with Crippen LogP contribution in [0.5, 0.6) is 0 Å². The number of aliphatic hydroxyl groups is 1. The van der Waals surface area contributed by atoms with Crippen LogP contribution in [0.3, 0.4) is 0 Å². The summed E-state index contributed by atoms with van der Waals surface area (Å²) in [6, 6.07) is 0. The lowest BCUT2D eigenvalue weighted by Gasteiger charge is -2.24. The van der Waals surface area contributed by atoms with Crippen molar-refractivity contribution in [2.75, 3.05) is 47.5 Å². The third kappa shape index (κ3) is 37.9. The van der Waals surface area contributed by atoms with Gasteiger partial charge in [-0.25, -0.2) is 4.57 Å². The molecule has 280 valence electrons. The number of allylic oxidation sites excluding steroid dienone is 2. The Hall–Kier alpha value is -0.760. The molecule has 9 heteroatoms. The molecule has 47 heavy (non-hydrogen) atoms. The Morgan fingerprint density at radius 2 is 1.04 bits per heavy atom. The second-order valence-electron chi connectivity index (χ2n) is 14.5. The van der Waals surface area contributed by atoms with Gasteiger partial charge in [0.2, 0.25) is 0 Å². The minimum atomic E-state index is -4.25. The number of nitrogens with zero attached hydrogens (tertiary/aromatic N) is 1. The van der Waals surface area contributed by atoms with Crippen LogP contribution >= 0.6 is 7.82 Å². The first kappa shape index (κ1) is 46.2. The van der Waals surface area contributed by atoms with Crippen LogP contribution in [0.1, 0.15) is 174 Å². The maximum absolute atomic E-state index is 11.9. The summed E-state index contributed by atoms with van der Waals surface area (Å²) in [4.78, 5) is 21.6. The van der Waals surface area contributed by atoms with E-state index in [0.717, 1.165) is 19.3 Å². The molecule has 0 aliphatic carbocycles. The molecule has 0 spiro atoms. The fraction of sp³-hybridized carbons (Fsp3) is 0.921. The van der Waals surface area contributed by atoms with Gasteiger partial charge >= 0.3 is 13.8 Å². The molecule has 0 radical (unpaired) electrons. The highest BCUT2D eigenvalue weighted by atomic mass is 31.2. The Labute approximate surface area is 290 Å². The van der Waals surface area contributed by atoms with Crippen LogP contribution < -0.4 is 0 Å². The molecule has 0 heterocycles. The molecule has 0 saturated carbocycles. The third-order valence-electron chi connectivity index (χ3n) is 8.53. The van der Waals surface area contributed by atoms with Crippen molar-refractivity contribution in [3.05, 3.63) is 12.2 Å². The number of quaternary nitrogens is 1. The van der Waals surface area contributed by atoms with Crippen molar-refractivity contribution in [2.45, 2.75) is 180 Å². The highest BCUT2D eigenvalue weighted by molar-refractivity contribution is 7.47. The highest BCUT2D eigenvalue weighted by Gasteiger charge is 2.24. The molecule has 0 aliphatic heterocycles. The van der Waals surface area contributed by atoms with Crippen molar-refractivity contribution in [1.29, 1.82) is 0 Å². The van der Waals surface area contributed by atoms with E-state index in [-0.39, 0.29) is 19.2 Å². The number of carbonyl (C=O) groups is 1. The fourth-order valence-corrected chi connectivity index (χ4v) is 6.17. The number of carbonyl (C=O) groups excluding carboxylic acids is 1. The Morgan fingerprint density at radius 3 is 1.47 bits per heavy atom. The quantitative estimate of drug-likeness (QED) is 0.0222.